The van der Waals surface area contributed by atoms with Crippen molar-refractivity contribution in [1.82, 2.24) is 10.3 Å². The number of anilines is 1. The van der Waals surface area contributed by atoms with E-state index in [0.717, 1.165) is 48.8 Å². The van der Waals surface area contributed by atoms with Crippen LogP contribution in [0.4, 0.5) is 5.82 Å². The van der Waals surface area contributed by atoms with Gasteiger partial charge in [-0.2, -0.15) is 0 Å². The summed E-state index contributed by atoms with van der Waals surface area (Å²) in [5.74, 6) is 0.865. The van der Waals surface area contributed by atoms with Gasteiger partial charge >= 0.3 is 0 Å². The molecule has 1 N–H and O–H groups in total. The summed E-state index contributed by atoms with van der Waals surface area (Å²) in [6, 6.07) is 21.7. The molecule has 1 aliphatic rings. The van der Waals surface area contributed by atoms with E-state index in [1.165, 1.54) is 0 Å². The fraction of sp³-hybridized carbons (Fsp3) is 0.217. The maximum absolute atomic E-state index is 12.8. The summed E-state index contributed by atoms with van der Waals surface area (Å²) in [5.41, 5.74) is 3.61. The number of ether oxygens (including phenoxy) is 1. The second-order valence-corrected chi connectivity index (χ2v) is 6.72. The average Bonchev–Trinajstić information content (AvgIpc) is 2.79. The van der Waals surface area contributed by atoms with Crippen LogP contribution in [-0.2, 0) is 11.3 Å². The number of benzene rings is 2. The Morgan fingerprint density at radius 3 is 2.46 bits per heavy atom. The Balaban J connectivity index is 1.42. The normalized spacial score (nSPS) is 13.9. The Kier molecular flexibility index (Phi) is 5.64. The van der Waals surface area contributed by atoms with Crippen LogP contribution in [0, 0.1) is 0 Å². The molecule has 0 aliphatic carbocycles. The standard InChI is InChI=1S/C23H23N3O2/c27-23(21-9-5-4-8-20(21)19-6-2-1-3-7-19)25-17-18-10-11-22(24-16-18)26-12-14-28-15-13-26/h1-11,16H,12-15,17H2,(H,25,27). The maximum Gasteiger partial charge on any atom is 0.252 e. The fourth-order valence-electron chi connectivity index (χ4n) is 3.33. The second kappa shape index (κ2) is 8.67. The van der Waals surface area contributed by atoms with Gasteiger partial charge in [-0.3, -0.25) is 4.79 Å². The lowest BCUT2D eigenvalue weighted by molar-refractivity contribution is 0.0951. The van der Waals surface area contributed by atoms with E-state index in [1.807, 2.05) is 72.9 Å². The highest BCUT2D eigenvalue weighted by Gasteiger charge is 2.14. The molecule has 3 aromatic rings. The molecular weight excluding hydrogens is 350 g/mol. The van der Waals surface area contributed by atoms with Gasteiger partial charge in [-0.15, -0.1) is 0 Å². The molecular formula is C23H23N3O2. The van der Waals surface area contributed by atoms with Crippen LogP contribution < -0.4 is 10.2 Å². The van der Waals surface area contributed by atoms with Gasteiger partial charge in [0.1, 0.15) is 5.82 Å². The zero-order valence-electron chi connectivity index (χ0n) is 15.7. The minimum absolute atomic E-state index is 0.0864. The summed E-state index contributed by atoms with van der Waals surface area (Å²) in [6.07, 6.45) is 1.83. The lowest BCUT2D eigenvalue weighted by Gasteiger charge is -2.27. The van der Waals surface area contributed by atoms with E-state index in [9.17, 15) is 4.79 Å². The molecule has 5 heteroatoms. The number of carbonyl (C=O) groups excluding carboxylic acids is 1. The second-order valence-electron chi connectivity index (χ2n) is 6.72. The summed E-state index contributed by atoms with van der Waals surface area (Å²) in [6.45, 7) is 3.64. The van der Waals surface area contributed by atoms with Crippen molar-refractivity contribution in [2.45, 2.75) is 6.54 Å². The highest BCUT2D eigenvalue weighted by Crippen LogP contribution is 2.23. The van der Waals surface area contributed by atoms with Crippen molar-refractivity contribution >= 4 is 11.7 Å². The van der Waals surface area contributed by atoms with Gasteiger partial charge in [0.25, 0.3) is 5.91 Å². The largest absolute Gasteiger partial charge is 0.378 e. The number of nitrogens with zero attached hydrogens (tertiary/aromatic N) is 2. The van der Waals surface area contributed by atoms with E-state index >= 15 is 0 Å². The monoisotopic (exact) mass is 373 g/mol. The van der Waals surface area contributed by atoms with Crippen LogP contribution in [0.25, 0.3) is 11.1 Å². The predicted molar refractivity (Wildman–Crippen MR) is 110 cm³/mol. The number of carbonyl (C=O) groups is 1. The topological polar surface area (TPSA) is 54.5 Å². The Hall–Kier alpha value is -3.18. The van der Waals surface area contributed by atoms with E-state index in [1.54, 1.807) is 0 Å². The van der Waals surface area contributed by atoms with Crippen molar-refractivity contribution in [3.05, 3.63) is 84.1 Å². The van der Waals surface area contributed by atoms with Gasteiger partial charge in [-0.1, -0.05) is 54.6 Å². The maximum atomic E-state index is 12.8. The van der Waals surface area contributed by atoms with E-state index < -0.39 is 0 Å². The molecule has 2 aromatic carbocycles. The van der Waals surface area contributed by atoms with E-state index in [0.29, 0.717) is 12.1 Å². The molecule has 28 heavy (non-hydrogen) atoms. The zero-order chi connectivity index (χ0) is 19.2. The Bertz CT molecular complexity index is 920. The van der Waals surface area contributed by atoms with Gasteiger partial charge in [0.2, 0.25) is 0 Å². The first-order valence-electron chi connectivity index (χ1n) is 9.51. The minimum Gasteiger partial charge on any atom is -0.378 e. The first kappa shape index (κ1) is 18.2. The molecule has 1 saturated heterocycles. The number of rotatable bonds is 5. The number of morpholine rings is 1. The lowest BCUT2D eigenvalue weighted by Crippen LogP contribution is -2.36. The van der Waals surface area contributed by atoms with Crippen LogP contribution >= 0.6 is 0 Å². The number of nitrogens with one attached hydrogen (secondary N) is 1. The van der Waals surface area contributed by atoms with Crippen LogP contribution in [0.2, 0.25) is 0 Å². The highest BCUT2D eigenvalue weighted by molar-refractivity contribution is 6.00. The number of hydrogen-bond donors (Lipinski definition) is 1. The number of amides is 1. The van der Waals surface area contributed by atoms with Crippen LogP contribution in [0.5, 0.6) is 0 Å². The minimum atomic E-state index is -0.0864. The van der Waals surface area contributed by atoms with E-state index in [2.05, 4.69) is 15.2 Å². The van der Waals surface area contributed by atoms with Crippen molar-refractivity contribution in [3.8, 4) is 11.1 Å². The molecule has 142 valence electrons. The third-order valence-corrected chi connectivity index (χ3v) is 4.85. The Morgan fingerprint density at radius 1 is 0.964 bits per heavy atom. The smallest absolute Gasteiger partial charge is 0.252 e. The number of pyridine rings is 1. The summed E-state index contributed by atoms with van der Waals surface area (Å²) < 4.78 is 5.38. The van der Waals surface area contributed by atoms with Crippen molar-refractivity contribution in [3.63, 3.8) is 0 Å². The average molecular weight is 373 g/mol. The van der Waals surface area contributed by atoms with E-state index in [-0.39, 0.29) is 5.91 Å². The third kappa shape index (κ3) is 4.21. The lowest BCUT2D eigenvalue weighted by atomic mass is 9.99. The molecule has 0 bridgehead atoms. The number of hydrogen-bond acceptors (Lipinski definition) is 4. The van der Waals surface area contributed by atoms with Crippen LogP contribution in [0.1, 0.15) is 15.9 Å². The number of aromatic nitrogens is 1. The van der Waals surface area contributed by atoms with Gasteiger partial charge in [0, 0.05) is 31.4 Å². The van der Waals surface area contributed by atoms with Crippen molar-refractivity contribution in [1.29, 1.82) is 0 Å². The third-order valence-electron chi connectivity index (χ3n) is 4.85. The van der Waals surface area contributed by atoms with Crippen LogP contribution in [-0.4, -0.2) is 37.2 Å². The molecule has 1 aromatic heterocycles. The first-order chi connectivity index (χ1) is 13.8. The molecule has 0 atom stereocenters. The molecule has 0 saturated carbocycles. The molecule has 1 fully saturated rings. The first-order valence-corrected chi connectivity index (χ1v) is 9.51. The summed E-state index contributed by atoms with van der Waals surface area (Å²) in [7, 11) is 0. The van der Waals surface area contributed by atoms with Gasteiger partial charge in [0.05, 0.1) is 13.2 Å². The Morgan fingerprint density at radius 2 is 1.71 bits per heavy atom. The molecule has 0 radical (unpaired) electrons. The van der Waals surface area contributed by atoms with Crippen LogP contribution in [0.3, 0.4) is 0 Å². The predicted octanol–water partition coefficient (Wildman–Crippen LogP) is 3.52. The van der Waals surface area contributed by atoms with Crippen molar-refractivity contribution < 1.29 is 9.53 Å². The van der Waals surface area contributed by atoms with Gasteiger partial charge in [0.15, 0.2) is 0 Å². The molecule has 1 aliphatic heterocycles. The fourth-order valence-corrected chi connectivity index (χ4v) is 3.33. The molecule has 4 rings (SSSR count). The Labute approximate surface area is 165 Å². The summed E-state index contributed by atoms with van der Waals surface area (Å²) >= 11 is 0. The molecule has 2 heterocycles. The molecule has 1 amide bonds. The van der Waals surface area contributed by atoms with Crippen molar-refractivity contribution in [2.24, 2.45) is 0 Å². The molecule has 5 nitrogen and oxygen atoms in total. The quantitative estimate of drug-likeness (QED) is 0.744. The molecule has 0 unspecified atom stereocenters. The van der Waals surface area contributed by atoms with E-state index in [4.69, 9.17) is 4.74 Å². The summed E-state index contributed by atoms with van der Waals surface area (Å²) in [4.78, 5) is 19.5. The molecule has 0 spiro atoms. The highest BCUT2D eigenvalue weighted by atomic mass is 16.5. The SMILES string of the molecule is O=C(NCc1ccc(N2CCOCC2)nc1)c1ccccc1-c1ccccc1. The zero-order valence-corrected chi connectivity index (χ0v) is 15.7. The summed E-state index contributed by atoms with van der Waals surface area (Å²) in [5, 5.41) is 3.01. The van der Waals surface area contributed by atoms with Gasteiger partial charge < -0.3 is 15.0 Å². The van der Waals surface area contributed by atoms with Gasteiger partial charge in [-0.25, -0.2) is 4.98 Å². The van der Waals surface area contributed by atoms with Crippen molar-refractivity contribution in [2.75, 3.05) is 31.2 Å². The van der Waals surface area contributed by atoms with Gasteiger partial charge in [-0.05, 0) is 28.8 Å². The van der Waals surface area contributed by atoms with Crippen LogP contribution in [0.15, 0.2) is 72.9 Å².